The zero-order valence-electron chi connectivity index (χ0n) is 18.0. The van der Waals surface area contributed by atoms with Gasteiger partial charge >= 0.3 is 5.97 Å². The number of aryl methyl sites for hydroxylation is 1. The topological polar surface area (TPSA) is 63.7 Å². The first-order valence-corrected chi connectivity index (χ1v) is 11.2. The first-order valence-electron chi connectivity index (χ1n) is 11.2. The second kappa shape index (κ2) is 9.46. The first-order chi connectivity index (χ1) is 15.0. The molecule has 162 valence electrons. The summed E-state index contributed by atoms with van der Waals surface area (Å²) in [6.07, 6.45) is 6.03. The SMILES string of the molecule is Cc1ccc(C(=O)c2ccccc2C(=O)OCC(=O)N2CC[C@H]3CCCC[C@H]3C2)cc1. The number of carbonyl (C=O) groups excluding carboxylic acids is 3. The molecule has 0 radical (unpaired) electrons. The maximum absolute atomic E-state index is 12.9. The van der Waals surface area contributed by atoms with Crippen molar-refractivity contribution in [2.75, 3.05) is 19.7 Å². The third kappa shape index (κ3) is 4.87. The number of ketones is 1. The van der Waals surface area contributed by atoms with Crippen LogP contribution in [0.4, 0.5) is 0 Å². The maximum Gasteiger partial charge on any atom is 0.339 e. The van der Waals surface area contributed by atoms with E-state index in [-0.39, 0.29) is 29.4 Å². The second-order valence-corrected chi connectivity index (χ2v) is 8.75. The van der Waals surface area contributed by atoms with Crippen LogP contribution in [0, 0.1) is 18.8 Å². The van der Waals surface area contributed by atoms with Gasteiger partial charge in [-0.3, -0.25) is 9.59 Å². The molecule has 5 heteroatoms. The van der Waals surface area contributed by atoms with Crippen LogP contribution in [0.5, 0.6) is 0 Å². The van der Waals surface area contributed by atoms with Gasteiger partial charge < -0.3 is 9.64 Å². The molecule has 0 spiro atoms. The van der Waals surface area contributed by atoms with Crippen molar-refractivity contribution in [2.45, 2.75) is 39.0 Å². The molecule has 1 heterocycles. The highest BCUT2D eigenvalue weighted by Gasteiger charge is 2.33. The smallest absolute Gasteiger partial charge is 0.339 e. The molecular weight excluding hydrogens is 390 g/mol. The van der Waals surface area contributed by atoms with E-state index in [1.165, 1.54) is 25.7 Å². The van der Waals surface area contributed by atoms with E-state index in [1.807, 2.05) is 24.0 Å². The molecule has 2 atom stereocenters. The van der Waals surface area contributed by atoms with E-state index in [0.717, 1.165) is 31.0 Å². The fourth-order valence-electron chi connectivity index (χ4n) is 4.84. The van der Waals surface area contributed by atoms with Gasteiger partial charge in [-0.25, -0.2) is 4.79 Å². The summed E-state index contributed by atoms with van der Waals surface area (Å²) in [5.41, 5.74) is 2.04. The minimum Gasteiger partial charge on any atom is -0.452 e. The molecule has 2 aromatic carbocycles. The zero-order chi connectivity index (χ0) is 21.8. The Morgan fingerprint density at radius 3 is 2.32 bits per heavy atom. The lowest BCUT2D eigenvalue weighted by Gasteiger charge is -2.41. The largest absolute Gasteiger partial charge is 0.452 e. The van der Waals surface area contributed by atoms with Gasteiger partial charge in [0.05, 0.1) is 5.56 Å². The molecule has 2 aliphatic rings. The van der Waals surface area contributed by atoms with E-state index in [4.69, 9.17) is 4.74 Å². The Balaban J connectivity index is 1.39. The molecule has 1 aliphatic carbocycles. The molecule has 1 aliphatic heterocycles. The summed E-state index contributed by atoms with van der Waals surface area (Å²) >= 11 is 0. The fourth-order valence-corrected chi connectivity index (χ4v) is 4.84. The standard InChI is InChI=1S/C26H29NO4/c1-18-10-12-20(13-11-18)25(29)22-8-4-5-9-23(22)26(30)31-17-24(28)27-15-14-19-6-2-3-7-21(19)16-27/h4-5,8-13,19,21H,2-3,6-7,14-17H2,1H3/t19-,21+/m1/s1. The Kier molecular flexibility index (Phi) is 6.50. The van der Waals surface area contributed by atoms with Crippen molar-refractivity contribution in [2.24, 2.45) is 11.8 Å². The van der Waals surface area contributed by atoms with Gasteiger partial charge in [-0.2, -0.15) is 0 Å². The number of esters is 1. The van der Waals surface area contributed by atoms with E-state index in [0.29, 0.717) is 11.5 Å². The van der Waals surface area contributed by atoms with Crippen molar-refractivity contribution in [1.29, 1.82) is 0 Å². The normalized spacial score (nSPS) is 20.6. The Morgan fingerprint density at radius 1 is 0.903 bits per heavy atom. The number of benzene rings is 2. The average Bonchev–Trinajstić information content (AvgIpc) is 2.82. The van der Waals surface area contributed by atoms with Crippen LogP contribution in [0.1, 0.15) is 63.9 Å². The molecule has 1 amide bonds. The van der Waals surface area contributed by atoms with Gasteiger partial charge in [-0.05, 0) is 37.7 Å². The highest BCUT2D eigenvalue weighted by atomic mass is 16.5. The highest BCUT2D eigenvalue weighted by molar-refractivity contribution is 6.14. The lowest BCUT2D eigenvalue weighted by atomic mass is 9.75. The number of likely N-dealkylation sites (tertiary alicyclic amines) is 1. The number of piperidine rings is 1. The van der Waals surface area contributed by atoms with E-state index >= 15 is 0 Å². The number of hydrogen-bond donors (Lipinski definition) is 0. The minimum absolute atomic E-state index is 0.153. The average molecular weight is 420 g/mol. The first kappa shape index (κ1) is 21.3. The van der Waals surface area contributed by atoms with Crippen LogP contribution in [0.3, 0.4) is 0 Å². The molecule has 0 unspecified atom stereocenters. The quantitative estimate of drug-likeness (QED) is 0.532. The number of hydrogen-bond acceptors (Lipinski definition) is 4. The van der Waals surface area contributed by atoms with E-state index in [1.54, 1.807) is 36.4 Å². The van der Waals surface area contributed by atoms with Gasteiger partial charge in [0, 0.05) is 24.2 Å². The number of ether oxygens (including phenoxy) is 1. The molecule has 5 nitrogen and oxygen atoms in total. The summed E-state index contributed by atoms with van der Waals surface area (Å²) in [4.78, 5) is 40.1. The Hall–Kier alpha value is -2.95. The molecular formula is C26H29NO4. The molecule has 2 aromatic rings. The Morgan fingerprint density at radius 2 is 1.58 bits per heavy atom. The van der Waals surface area contributed by atoms with Gasteiger partial charge in [0.1, 0.15) is 0 Å². The van der Waals surface area contributed by atoms with Gasteiger partial charge in [0.25, 0.3) is 5.91 Å². The number of rotatable bonds is 5. The lowest BCUT2D eigenvalue weighted by molar-refractivity contribution is -0.137. The van der Waals surface area contributed by atoms with Crippen LogP contribution < -0.4 is 0 Å². The Labute approximate surface area is 183 Å². The van der Waals surface area contributed by atoms with E-state index in [9.17, 15) is 14.4 Å². The summed E-state index contributed by atoms with van der Waals surface area (Å²) < 4.78 is 5.34. The van der Waals surface area contributed by atoms with Crippen LogP contribution in [-0.4, -0.2) is 42.3 Å². The van der Waals surface area contributed by atoms with Crippen LogP contribution in [0.15, 0.2) is 48.5 Å². The molecule has 0 aromatic heterocycles. The predicted molar refractivity (Wildman–Crippen MR) is 118 cm³/mol. The minimum atomic E-state index is -0.642. The van der Waals surface area contributed by atoms with Crippen LogP contribution in [-0.2, 0) is 9.53 Å². The van der Waals surface area contributed by atoms with Crippen LogP contribution in [0.25, 0.3) is 0 Å². The Bertz CT molecular complexity index is 966. The maximum atomic E-state index is 12.9. The summed E-state index contributed by atoms with van der Waals surface area (Å²) in [6.45, 7) is 3.17. The summed E-state index contributed by atoms with van der Waals surface area (Å²) in [7, 11) is 0. The molecule has 1 saturated heterocycles. The van der Waals surface area contributed by atoms with Crippen molar-refractivity contribution in [3.05, 3.63) is 70.8 Å². The molecule has 4 rings (SSSR count). The predicted octanol–water partition coefficient (Wildman–Crippen LogP) is 4.42. The molecule has 0 N–H and O–H groups in total. The monoisotopic (exact) mass is 419 g/mol. The van der Waals surface area contributed by atoms with Crippen molar-refractivity contribution in [3.8, 4) is 0 Å². The second-order valence-electron chi connectivity index (χ2n) is 8.75. The molecule has 1 saturated carbocycles. The summed E-state index contributed by atoms with van der Waals surface area (Å²) in [5.74, 6) is 0.282. The van der Waals surface area contributed by atoms with Gasteiger partial charge in [0.15, 0.2) is 12.4 Å². The van der Waals surface area contributed by atoms with E-state index in [2.05, 4.69) is 0 Å². The number of nitrogens with zero attached hydrogens (tertiary/aromatic N) is 1. The van der Waals surface area contributed by atoms with Gasteiger partial charge in [-0.15, -0.1) is 0 Å². The fraction of sp³-hybridized carbons (Fsp3) is 0.423. The van der Waals surface area contributed by atoms with Crippen LogP contribution in [0.2, 0.25) is 0 Å². The molecule has 2 fully saturated rings. The molecule has 0 bridgehead atoms. The van der Waals surface area contributed by atoms with Crippen molar-refractivity contribution < 1.29 is 19.1 Å². The van der Waals surface area contributed by atoms with Crippen LogP contribution >= 0.6 is 0 Å². The summed E-state index contributed by atoms with van der Waals surface area (Å²) in [6, 6.07) is 13.8. The third-order valence-corrected chi connectivity index (χ3v) is 6.68. The van der Waals surface area contributed by atoms with Gasteiger partial charge in [0.2, 0.25) is 0 Å². The number of carbonyl (C=O) groups is 3. The van der Waals surface area contributed by atoms with Crippen molar-refractivity contribution >= 4 is 17.7 Å². The number of amides is 1. The zero-order valence-corrected chi connectivity index (χ0v) is 18.0. The van der Waals surface area contributed by atoms with E-state index < -0.39 is 5.97 Å². The van der Waals surface area contributed by atoms with Crippen molar-refractivity contribution in [3.63, 3.8) is 0 Å². The number of fused-ring (bicyclic) bond motifs is 1. The lowest BCUT2D eigenvalue weighted by Crippen LogP contribution is -2.46. The van der Waals surface area contributed by atoms with Gasteiger partial charge in [-0.1, -0.05) is 67.3 Å². The third-order valence-electron chi connectivity index (χ3n) is 6.68. The van der Waals surface area contributed by atoms with Crippen molar-refractivity contribution in [1.82, 2.24) is 4.90 Å². The highest BCUT2D eigenvalue weighted by Crippen LogP contribution is 2.36. The summed E-state index contributed by atoms with van der Waals surface area (Å²) in [5, 5.41) is 0. The molecule has 31 heavy (non-hydrogen) atoms.